The van der Waals surface area contributed by atoms with Crippen molar-refractivity contribution in [2.45, 2.75) is 12.5 Å². The highest BCUT2D eigenvalue weighted by Crippen LogP contribution is 2.25. The zero-order valence-corrected chi connectivity index (χ0v) is 6.86. The van der Waals surface area contributed by atoms with Gasteiger partial charge in [-0.3, -0.25) is 4.98 Å². The molecule has 1 unspecified atom stereocenters. The summed E-state index contributed by atoms with van der Waals surface area (Å²) in [7, 11) is 0. The number of nitrogens with zero attached hydrogens (tertiary/aromatic N) is 2. The summed E-state index contributed by atoms with van der Waals surface area (Å²) in [5.41, 5.74) is -0.0858. The van der Waals surface area contributed by atoms with Gasteiger partial charge in [0.25, 0.3) is 0 Å². The van der Waals surface area contributed by atoms with Crippen molar-refractivity contribution in [3.63, 3.8) is 0 Å². The van der Waals surface area contributed by atoms with Crippen LogP contribution in [-0.2, 0) is 4.74 Å². The second kappa shape index (κ2) is 2.71. The smallest absolute Gasteiger partial charge is 0.232 e. The van der Waals surface area contributed by atoms with Crippen LogP contribution in [0.5, 0.6) is 5.88 Å². The standard InChI is InChI=1S/C8H10N2O2/c1-8(6-12-8)5-11-7-4-9-2-3-10-7/h2-4H,5-6H2,1H3. The molecule has 0 N–H and O–H groups in total. The first-order valence-corrected chi connectivity index (χ1v) is 3.81. The fraction of sp³-hybridized carbons (Fsp3) is 0.500. The highest BCUT2D eigenvalue weighted by atomic mass is 16.6. The summed E-state index contributed by atoms with van der Waals surface area (Å²) in [6, 6.07) is 0. The number of rotatable bonds is 3. The second-order valence-electron chi connectivity index (χ2n) is 3.07. The molecule has 4 heteroatoms. The van der Waals surface area contributed by atoms with Crippen LogP contribution in [0.3, 0.4) is 0 Å². The maximum Gasteiger partial charge on any atom is 0.232 e. The molecule has 1 aliphatic heterocycles. The molecule has 0 amide bonds. The Kier molecular flexibility index (Phi) is 1.69. The Labute approximate surface area is 70.6 Å². The third-order valence-electron chi connectivity index (χ3n) is 1.70. The van der Waals surface area contributed by atoms with Crippen LogP contribution < -0.4 is 4.74 Å². The van der Waals surface area contributed by atoms with Gasteiger partial charge in [-0.15, -0.1) is 0 Å². The maximum absolute atomic E-state index is 5.33. The van der Waals surface area contributed by atoms with Crippen molar-refractivity contribution in [2.24, 2.45) is 0 Å². The lowest BCUT2D eigenvalue weighted by molar-refractivity contribution is 0.196. The van der Waals surface area contributed by atoms with Gasteiger partial charge in [0, 0.05) is 12.4 Å². The molecule has 1 aliphatic rings. The predicted molar refractivity (Wildman–Crippen MR) is 41.9 cm³/mol. The number of hydrogen-bond acceptors (Lipinski definition) is 4. The monoisotopic (exact) mass is 166 g/mol. The van der Waals surface area contributed by atoms with Gasteiger partial charge >= 0.3 is 0 Å². The minimum atomic E-state index is -0.0858. The van der Waals surface area contributed by atoms with Crippen molar-refractivity contribution in [2.75, 3.05) is 13.2 Å². The van der Waals surface area contributed by atoms with Gasteiger partial charge < -0.3 is 9.47 Å². The quantitative estimate of drug-likeness (QED) is 0.618. The summed E-state index contributed by atoms with van der Waals surface area (Å²) in [4.78, 5) is 7.85. The second-order valence-corrected chi connectivity index (χ2v) is 3.07. The molecule has 1 atom stereocenters. The molecule has 1 fully saturated rings. The molecule has 1 saturated heterocycles. The Morgan fingerprint density at radius 3 is 3.08 bits per heavy atom. The van der Waals surface area contributed by atoms with E-state index in [1.807, 2.05) is 6.92 Å². The van der Waals surface area contributed by atoms with Crippen molar-refractivity contribution < 1.29 is 9.47 Å². The topological polar surface area (TPSA) is 47.5 Å². The van der Waals surface area contributed by atoms with Crippen molar-refractivity contribution in [3.8, 4) is 5.88 Å². The van der Waals surface area contributed by atoms with E-state index in [0.29, 0.717) is 12.5 Å². The van der Waals surface area contributed by atoms with Crippen LogP contribution in [0.1, 0.15) is 6.92 Å². The lowest BCUT2D eigenvalue weighted by Gasteiger charge is -2.06. The van der Waals surface area contributed by atoms with Crippen LogP contribution in [0.4, 0.5) is 0 Å². The molecule has 1 aromatic rings. The van der Waals surface area contributed by atoms with E-state index < -0.39 is 0 Å². The molecule has 64 valence electrons. The first-order chi connectivity index (χ1) is 5.79. The Morgan fingerprint density at radius 1 is 1.67 bits per heavy atom. The van der Waals surface area contributed by atoms with E-state index in [9.17, 15) is 0 Å². The van der Waals surface area contributed by atoms with E-state index in [1.165, 1.54) is 0 Å². The number of ether oxygens (including phenoxy) is 2. The molecule has 0 saturated carbocycles. The lowest BCUT2D eigenvalue weighted by atomic mass is 10.2. The van der Waals surface area contributed by atoms with E-state index in [0.717, 1.165) is 6.61 Å². The van der Waals surface area contributed by atoms with Crippen LogP contribution in [0.15, 0.2) is 18.6 Å². The van der Waals surface area contributed by atoms with Gasteiger partial charge in [0.05, 0.1) is 12.8 Å². The molecule has 12 heavy (non-hydrogen) atoms. The molecule has 2 rings (SSSR count). The van der Waals surface area contributed by atoms with Gasteiger partial charge in [-0.05, 0) is 6.92 Å². The molecule has 2 heterocycles. The van der Waals surface area contributed by atoms with Gasteiger partial charge in [0.15, 0.2) is 0 Å². The minimum absolute atomic E-state index is 0.0858. The fourth-order valence-corrected chi connectivity index (χ4v) is 0.793. The number of epoxide rings is 1. The van der Waals surface area contributed by atoms with E-state index in [-0.39, 0.29) is 5.60 Å². The van der Waals surface area contributed by atoms with E-state index in [4.69, 9.17) is 9.47 Å². The highest BCUT2D eigenvalue weighted by Gasteiger charge is 2.40. The van der Waals surface area contributed by atoms with Crippen LogP contribution >= 0.6 is 0 Å². The normalized spacial score (nSPS) is 26.8. The van der Waals surface area contributed by atoms with Crippen LogP contribution in [-0.4, -0.2) is 28.8 Å². The van der Waals surface area contributed by atoms with Gasteiger partial charge in [0.1, 0.15) is 12.2 Å². The zero-order chi connectivity index (χ0) is 8.44. The van der Waals surface area contributed by atoms with Crippen LogP contribution in [0, 0.1) is 0 Å². The molecular weight excluding hydrogens is 156 g/mol. The summed E-state index contributed by atoms with van der Waals surface area (Å²) < 4.78 is 10.5. The SMILES string of the molecule is CC1(COc2cnccn2)CO1. The van der Waals surface area contributed by atoms with Crippen LogP contribution in [0.25, 0.3) is 0 Å². The molecule has 4 nitrogen and oxygen atoms in total. The minimum Gasteiger partial charge on any atom is -0.473 e. The van der Waals surface area contributed by atoms with Crippen molar-refractivity contribution >= 4 is 0 Å². The first-order valence-electron chi connectivity index (χ1n) is 3.81. The van der Waals surface area contributed by atoms with Gasteiger partial charge in [-0.2, -0.15) is 0 Å². The summed E-state index contributed by atoms with van der Waals surface area (Å²) in [6.45, 7) is 3.32. The van der Waals surface area contributed by atoms with Crippen molar-refractivity contribution in [1.29, 1.82) is 0 Å². The summed E-state index contributed by atoms with van der Waals surface area (Å²) >= 11 is 0. The first kappa shape index (κ1) is 7.49. The van der Waals surface area contributed by atoms with Crippen LogP contribution in [0.2, 0.25) is 0 Å². The third kappa shape index (κ3) is 1.71. The fourth-order valence-electron chi connectivity index (χ4n) is 0.793. The van der Waals surface area contributed by atoms with Gasteiger partial charge in [0.2, 0.25) is 5.88 Å². The Balaban J connectivity index is 1.88. The third-order valence-corrected chi connectivity index (χ3v) is 1.70. The highest BCUT2D eigenvalue weighted by molar-refractivity contribution is 5.02. The molecule has 0 spiro atoms. The average molecular weight is 166 g/mol. The van der Waals surface area contributed by atoms with Crippen molar-refractivity contribution in [3.05, 3.63) is 18.6 Å². The predicted octanol–water partition coefficient (Wildman–Crippen LogP) is 0.644. The van der Waals surface area contributed by atoms with E-state index >= 15 is 0 Å². The Hall–Kier alpha value is -1.16. The molecule has 0 radical (unpaired) electrons. The summed E-state index contributed by atoms with van der Waals surface area (Å²) in [5, 5.41) is 0. The van der Waals surface area contributed by atoms with E-state index in [2.05, 4.69) is 9.97 Å². The molecule has 1 aromatic heterocycles. The Bertz CT molecular complexity index is 259. The average Bonchev–Trinajstić information content (AvgIpc) is 2.84. The van der Waals surface area contributed by atoms with Crippen molar-refractivity contribution in [1.82, 2.24) is 9.97 Å². The van der Waals surface area contributed by atoms with Gasteiger partial charge in [-0.25, -0.2) is 4.98 Å². The molecule has 0 aliphatic carbocycles. The summed E-state index contributed by atoms with van der Waals surface area (Å²) in [5.74, 6) is 0.550. The van der Waals surface area contributed by atoms with Gasteiger partial charge in [-0.1, -0.05) is 0 Å². The number of aromatic nitrogens is 2. The zero-order valence-electron chi connectivity index (χ0n) is 6.86. The largest absolute Gasteiger partial charge is 0.473 e. The number of hydrogen-bond donors (Lipinski definition) is 0. The van der Waals surface area contributed by atoms with E-state index in [1.54, 1.807) is 18.6 Å². The molecular formula is C8H10N2O2. The summed E-state index contributed by atoms with van der Waals surface area (Å²) in [6.07, 6.45) is 4.80. The Morgan fingerprint density at radius 2 is 2.50 bits per heavy atom. The lowest BCUT2D eigenvalue weighted by Crippen LogP contribution is -2.17. The molecule has 0 bridgehead atoms. The maximum atomic E-state index is 5.33. The molecule has 0 aromatic carbocycles.